The van der Waals surface area contributed by atoms with Gasteiger partial charge in [0.25, 0.3) is 0 Å². The van der Waals surface area contributed by atoms with Crippen molar-refractivity contribution in [2.24, 2.45) is 0 Å². The molecule has 2 nitrogen and oxygen atoms in total. The topological polar surface area (TPSA) is 25.8 Å². The number of benzene rings is 1. The zero-order valence-electron chi connectivity index (χ0n) is 13.0. The van der Waals surface area contributed by atoms with E-state index in [0.29, 0.717) is 5.92 Å². The molecule has 0 saturated carbocycles. The predicted molar refractivity (Wildman–Crippen MR) is 84.9 cm³/mol. The zero-order valence-corrected chi connectivity index (χ0v) is 13.0. The minimum atomic E-state index is 0.446. The molecule has 0 aliphatic heterocycles. The van der Waals surface area contributed by atoms with E-state index >= 15 is 0 Å². The Hall–Kier alpha value is -1.70. The van der Waals surface area contributed by atoms with Gasteiger partial charge in [0.05, 0.1) is 11.4 Å². The third-order valence-electron chi connectivity index (χ3n) is 3.65. The first kappa shape index (κ1) is 14.7. The Kier molecular flexibility index (Phi) is 4.89. The largest absolute Gasteiger partial charge is 0.155 e. The molecule has 106 valence electrons. The molecule has 2 aromatic rings. The Labute approximate surface area is 122 Å². The SMILES string of the molecule is CC.CC(C)c1cc2c(nn1)-c1ccccc1CCC2. The van der Waals surface area contributed by atoms with Crippen LogP contribution in [-0.2, 0) is 12.8 Å². The molecule has 1 aromatic heterocycles. The van der Waals surface area contributed by atoms with E-state index in [1.54, 1.807) is 0 Å². The number of hydrogen-bond donors (Lipinski definition) is 0. The van der Waals surface area contributed by atoms with Crippen LogP contribution in [0.1, 0.15) is 56.9 Å². The molecule has 0 spiro atoms. The average Bonchev–Trinajstić information content (AvgIpc) is 2.68. The Balaban J connectivity index is 0.000000704. The molecule has 0 atom stereocenters. The second kappa shape index (κ2) is 6.65. The first-order valence-corrected chi connectivity index (χ1v) is 7.70. The quantitative estimate of drug-likeness (QED) is 0.743. The van der Waals surface area contributed by atoms with Gasteiger partial charge in [-0.2, -0.15) is 5.10 Å². The molecule has 1 aliphatic carbocycles. The second-order valence-corrected chi connectivity index (χ2v) is 5.31. The molecular formula is C18H24N2. The number of rotatable bonds is 1. The van der Waals surface area contributed by atoms with Crippen LogP contribution >= 0.6 is 0 Å². The van der Waals surface area contributed by atoms with E-state index in [2.05, 4.69) is 54.4 Å². The zero-order chi connectivity index (χ0) is 14.5. The monoisotopic (exact) mass is 268 g/mol. The van der Waals surface area contributed by atoms with Crippen molar-refractivity contribution in [3.8, 4) is 11.3 Å². The fourth-order valence-electron chi connectivity index (χ4n) is 2.59. The summed E-state index contributed by atoms with van der Waals surface area (Å²) >= 11 is 0. The Morgan fingerprint density at radius 1 is 0.950 bits per heavy atom. The van der Waals surface area contributed by atoms with Crippen molar-refractivity contribution in [1.82, 2.24) is 10.2 Å². The van der Waals surface area contributed by atoms with Crippen molar-refractivity contribution < 1.29 is 0 Å². The van der Waals surface area contributed by atoms with Crippen molar-refractivity contribution in [3.63, 3.8) is 0 Å². The molecule has 0 bridgehead atoms. The van der Waals surface area contributed by atoms with E-state index in [0.717, 1.165) is 24.2 Å². The molecule has 0 N–H and O–H groups in total. The third-order valence-corrected chi connectivity index (χ3v) is 3.65. The van der Waals surface area contributed by atoms with Gasteiger partial charge in [-0.05, 0) is 42.4 Å². The highest BCUT2D eigenvalue weighted by molar-refractivity contribution is 5.67. The van der Waals surface area contributed by atoms with E-state index in [1.807, 2.05) is 13.8 Å². The maximum Gasteiger partial charge on any atom is 0.0964 e. The average molecular weight is 268 g/mol. The maximum absolute atomic E-state index is 4.49. The standard InChI is InChI=1S/C16H18N2.C2H6/c1-11(2)15-10-13-8-5-7-12-6-3-4-9-14(12)16(13)18-17-15;1-2/h3-4,6,9-11H,5,7-8H2,1-2H3;1-2H3. The van der Waals surface area contributed by atoms with Gasteiger partial charge in [-0.25, -0.2) is 0 Å². The molecule has 1 aromatic carbocycles. The molecule has 20 heavy (non-hydrogen) atoms. The van der Waals surface area contributed by atoms with Crippen LogP contribution < -0.4 is 0 Å². The smallest absolute Gasteiger partial charge is 0.0964 e. The Bertz CT molecular complexity index is 573. The van der Waals surface area contributed by atoms with Crippen LogP contribution in [0, 0.1) is 0 Å². The maximum atomic E-state index is 4.49. The molecule has 0 unspecified atom stereocenters. The minimum Gasteiger partial charge on any atom is -0.155 e. The number of fused-ring (bicyclic) bond motifs is 3. The first-order chi connectivity index (χ1) is 9.75. The fraction of sp³-hybridized carbons (Fsp3) is 0.444. The molecule has 1 aliphatic rings. The number of aryl methyl sites for hydroxylation is 2. The van der Waals surface area contributed by atoms with Gasteiger partial charge in [-0.3, -0.25) is 0 Å². The minimum absolute atomic E-state index is 0.446. The lowest BCUT2D eigenvalue weighted by atomic mass is 10.0. The molecule has 0 saturated heterocycles. The van der Waals surface area contributed by atoms with Crippen LogP contribution in [0.2, 0.25) is 0 Å². The van der Waals surface area contributed by atoms with E-state index in [9.17, 15) is 0 Å². The van der Waals surface area contributed by atoms with E-state index in [4.69, 9.17) is 0 Å². The highest BCUT2D eigenvalue weighted by Crippen LogP contribution is 2.31. The van der Waals surface area contributed by atoms with Gasteiger partial charge in [0, 0.05) is 5.56 Å². The lowest BCUT2D eigenvalue weighted by Gasteiger charge is -2.10. The highest BCUT2D eigenvalue weighted by atomic mass is 15.1. The Morgan fingerprint density at radius 2 is 1.65 bits per heavy atom. The molecule has 3 rings (SSSR count). The van der Waals surface area contributed by atoms with Crippen LogP contribution in [0.5, 0.6) is 0 Å². The third kappa shape index (κ3) is 2.90. The fourth-order valence-corrected chi connectivity index (χ4v) is 2.59. The normalized spacial score (nSPS) is 12.8. The molecule has 0 fully saturated rings. The number of nitrogens with zero attached hydrogens (tertiary/aromatic N) is 2. The van der Waals surface area contributed by atoms with Gasteiger partial charge < -0.3 is 0 Å². The highest BCUT2D eigenvalue weighted by Gasteiger charge is 2.17. The van der Waals surface area contributed by atoms with Gasteiger partial charge in [-0.15, -0.1) is 5.10 Å². The summed E-state index contributed by atoms with van der Waals surface area (Å²) in [5, 5.41) is 8.87. The van der Waals surface area contributed by atoms with E-state index < -0.39 is 0 Å². The number of aromatic nitrogens is 2. The summed E-state index contributed by atoms with van der Waals surface area (Å²) in [4.78, 5) is 0. The summed E-state index contributed by atoms with van der Waals surface area (Å²) in [5.41, 5.74) is 6.23. The summed E-state index contributed by atoms with van der Waals surface area (Å²) in [6.45, 7) is 8.34. The van der Waals surface area contributed by atoms with Crippen molar-refractivity contribution >= 4 is 0 Å². The van der Waals surface area contributed by atoms with Crippen LogP contribution in [0.3, 0.4) is 0 Å². The lowest BCUT2D eigenvalue weighted by molar-refractivity contribution is 0.771. The summed E-state index contributed by atoms with van der Waals surface area (Å²) in [5.74, 6) is 0.446. The molecular weight excluding hydrogens is 244 g/mol. The summed E-state index contributed by atoms with van der Waals surface area (Å²) < 4.78 is 0. The van der Waals surface area contributed by atoms with Crippen molar-refractivity contribution in [1.29, 1.82) is 0 Å². The van der Waals surface area contributed by atoms with Crippen LogP contribution in [0.25, 0.3) is 11.3 Å². The van der Waals surface area contributed by atoms with Gasteiger partial charge in [0.2, 0.25) is 0 Å². The number of hydrogen-bond acceptors (Lipinski definition) is 2. The molecule has 1 heterocycles. The van der Waals surface area contributed by atoms with Crippen molar-refractivity contribution in [2.75, 3.05) is 0 Å². The second-order valence-electron chi connectivity index (χ2n) is 5.31. The van der Waals surface area contributed by atoms with E-state index in [-0.39, 0.29) is 0 Å². The van der Waals surface area contributed by atoms with Crippen molar-refractivity contribution in [3.05, 3.63) is 47.2 Å². The molecule has 0 radical (unpaired) electrons. The molecule has 0 amide bonds. The van der Waals surface area contributed by atoms with Gasteiger partial charge in [0.1, 0.15) is 0 Å². The van der Waals surface area contributed by atoms with Gasteiger partial charge >= 0.3 is 0 Å². The Morgan fingerprint density at radius 3 is 2.40 bits per heavy atom. The van der Waals surface area contributed by atoms with Crippen LogP contribution in [0.15, 0.2) is 30.3 Å². The van der Waals surface area contributed by atoms with Crippen molar-refractivity contribution in [2.45, 2.75) is 52.9 Å². The molecule has 2 heteroatoms. The summed E-state index contributed by atoms with van der Waals surface area (Å²) in [7, 11) is 0. The van der Waals surface area contributed by atoms with Crippen LogP contribution in [-0.4, -0.2) is 10.2 Å². The predicted octanol–water partition coefficient (Wildman–Crippen LogP) is 4.78. The summed E-state index contributed by atoms with van der Waals surface area (Å²) in [6.07, 6.45) is 3.45. The lowest BCUT2D eigenvalue weighted by Crippen LogP contribution is -2.01. The van der Waals surface area contributed by atoms with Gasteiger partial charge in [0.15, 0.2) is 0 Å². The summed E-state index contributed by atoms with van der Waals surface area (Å²) in [6, 6.07) is 10.8. The van der Waals surface area contributed by atoms with Gasteiger partial charge in [-0.1, -0.05) is 52.0 Å². The van der Waals surface area contributed by atoms with Crippen LogP contribution in [0.4, 0.5) is 0 Å². The first-order valence-electron chi connectivity index (χ1n) is 7.70. The van der Waals surface area contributed by atoms with E-state index in [1.165, 1.54) is 23.1 Å².